The summed E-state index contributed by atoms with van der Waals surface area (Å²) in [5.41, 5.74) is 2.40. The fourth-order valence-corrected chi connectivity index (χ4v) is 5.44. The van der Waals surface area contributed by atoms with E-state index < -0.39 is 21.8 Å². The van der Waals surface area contributed by atoms with Crippen molar-refractivity contribution in [3.8, 4) is 5.69 Å². The summed E-state index contributed by atoms with van der Waals surface area (Å²) < 4.78 is 80.7. The highest BCUT2D eigenvalue weighted by atomic mass is 32.2. The van der Waals surface area contributed by atoms with Crippen molar-refractivity contribution in [1.82, 2.24) is 14.1 Å². The van der Waals surface area contributed by atoms with Gasteiger partial charge in [-0.25, -0.2) is 17.5 Å². The molecule has 0 bridgehead atoms. The fourth-order valence-electron chi connectivity index (χ4n) is 4.02. The molecule has 5 rings (SSSR count). The van der Waals surface area contributed by atoms with E-state index in [9.17, 15) is 26.0 Å². The largest absolute Gasteiger partial charge is 0.416 e. The van der Waals surface area contributed by atoms with Crippen molar-refractivity contribution < 1.29 is 26.0 Å². The maximum Gasteiger partial charge on any atom is 0.416 e. The van der Waals surface area contributed by atoms with Crippen LogP contribution < -0.4 is 0 Å². The summed E-state index contributed by atoms with van der Waals surface area (Å²) in [5, 5.41) is 5.18. The third-order valence-electron chi connectivity index (χ3n) is 5.76. The number of nitrogens with zero attached hydrogens (tertiary/aromatic N) is 3. The molecule has 33 heavy (non-hydrogen) atoms. The van der Waals surface area contributed by atoms with Crippen LogP contribution in [0.15, 0.2) is 71.8 Å². The number of hydrogen-bond acceptors (Lipinski definition) is 3. The summed E-state index contributed by atoms with van der Waals surface area (Å²) >= 11 is 0. The third-order valence-corrected chi connectivity index (χ3v) is 7.62. The van der Waals surface area contributed by atoms with Gasteiger partial charge in [0.2, 0.25) is 10.0 Å². The highest BCUT2D eigenvalue weighted by Crippen LogP contribution is 2.32. The Balaban J connectivity index is 1.45. The highest BCUT2D eigenvalue weighted by Gasteiger charge is 2.32. The van der Waals surface area contributed by atoms with Crippen LogP contribution in [0.1, 0.15) is 16.7 Å². The summed E-state index contributed by atoms with van der Waals surface area (Å²) in [4.78, 5) is -0.177. The Morgan fingerprint density at radius 2 is 1.61 bits per heavy atom. The first-order valence-electron chi connectivity index (χ1n) is 10.1. The summed E-state index contributed by atoms with van der Waals surface area (Å²) in [6, 6.07) is 13.3. The molecule has 0 aliphatic carbocycles. The Hall–Kier alpha value is -3.24. The zero-order valence-electron chi connectivity index (χ0n) is 17.1. The normalized spacial score (nSPS) is 15.0. The smallest absolute Gasteiger partial charge is 0.233 e. The van der Waals surface area contributed by atoms with Crippen molar-refractivity contribution in [3.05, 3.63) is 89.4 Å². The van der Waals surface area contributed by atoms with Gasteiger partial charge in [-0.3, -0.25) is 0 Å². The molecule has 4 aromatic rings. The molecular formula is C23H17F4N3O2S. The van der Waals surface area contributed by atoms with Crippen molar-refractivity contribution in [2.45, 2.75) is 24.0 Å². The number of benzene rings is 3. The quantitative estimate of drug-likeness (QED) is 0.395. The van der Waals surface area contributed by atoms with Crippen LogP contribution in [0.25, 0.3) is 16.6 Å². The Kier molecular flexibility index (Phi) is 5.02. The van der Waals surface area contributed by atoms with Gasteiger partial charge in [-0.05, 0) is 78.2 Å². The molecule has 3 aromatic carbocycles. The lowest BCUT2D eigenvalue weighted by Gasteiger charge is -2.28. The van der Waals surface area contributed by atoms with Gasteiger partial charge in [0.05, 0.1) is 27.9 Å². The minimum atomic E-state index is -4.53. The Labute approximate surface area is 186 Å². The van der Waals surface area contributed by atoms with Gasteiger partial charge in [0.25, 0.3) is 0 Å². The molecule has 5 nitrogen and oxygen atoms in total. The molecule has 10 heteroatoms. The van der Waals surface area contributed by atoms with Crippen molar-refractivity contribution in [2.24, 2.45) is 0 Å². The van der Waals surface area contributed by atoms with Gasteiger partial charge in [0.1, 0.15) is 5.82 Å². The molecule has 2 heterocycles. The number of fused-ring (bicyclic) bond motifs is 2. The highest BCUT2D eigenvalue weighted by molar-refractivity contribution is 7.89. The molecule has 170 valence electrons. The SMILES string of the molecule is O=S(=O)(c1ccc(C(F)(F)F)cc1)N1CCc2cc3c(cnn3-c3ccc(F)cc3)cc2C1. The maximum atomic E-state index is 13.3. The van der Waals surface area contributed by atoms with E-state index in [2.05, 4.69) is 5.10 Å². The lowest BCUT2D eigenvalue weighted by atomic mass is 9.99. The topological polar surface area (TPSA) is 55.2 Å². The van der Waals surface area contributed by atoms with Gasteiger partial charge in [0.15, 0.2) is 0 Å². The number of sulfonamides is 1. The van der Waals surface area contributed by atoms with Crippen LogP contribution in [0.4, 0.5) is 17.6 Å². The van der Waals surface area contributed by atoms with E-state index in [0.717, 1.165) is 46.3 Å². The van der Waals surface area contributed by atoms with E-state index in [1.165, 1.54) is 16.4 Å². The second-order valence-corrected chi connectivity index (χ2v) is 9.76. The fraction of sp³-hybridized carbons (Fsp3) is 0.174. The summed E-state index contributed by atoms with van der Waals surface area (Å²) in [5.74, 6) is -0.345. The molecule has 0 N–H and O–H groups in total. The lowest BCUT2D eigenvalue weighted by Crippen LogP contribution is -2.36. The van der Waals surface area contributed by atoms with Gasteiger partial charge in [0, 0.05) is 18.5 Å². The number of hydrogen-bond donors (Lipinski definition) is 0. The third kappa shape index (κ3) is 3.89. The Morgan fingerprint density at radius 1 is 0.909 bits per heavy atom. The van der Waals surface area contributed by atoms with E-state index in [1.54, 1.807) is 23.0 Å². The van der Waals surface area contributed by atoms with Crippen LogP contribution in [0, 0.1) is 5.82 Å². The maximum absolute atomic E-state index is 13.3. The van der Waals surface area contributed by atoms with Gasteiger partial charge in [-0.2, -0.15) is 22.6 Å². The van der Waals surface area contributed by atoms with Crippen molar-refractivity contribution >= 4 is 20.9 Å². The first-order chi connectivity index (χ1) is 15.6. The van der Waals surface area contributed by atoms with Crippen LogP contribution in [-0.4, -0.2) is 29.0 Å². The van der Waals surface area contributed by atoms with Gasteiger partial charge in [-0.15, -0.1) is 0 Å². The molecule has 0 saturated heterocycles. The Morgan fingerprint density at radius 3 is 2.27 bits per heavy atom. The van der Waals surface area contributed by atoms with Crippen LogP contribution in [0.3, 0.4) is 0 Å². The number of alkyl halides is 3. The number of halogens is 4. The van der Waals surface area contributed by atoms with Gasteiger partial charge < -0.3 is 0 Å². The monoisotopic (exact) mass is 475 g/mol. The van der Waals surface area contributed by atoms with Gasteiger partial charge in [-0.1, -0.05) is 0 Å². The first kappa shape index (κ1) is 21.6. The molecular weight excluding hydrogens is 458 g/mol. The molecule has 0 saturated carbocycles. The van der Waals surface area contributed by atoms with E-state index in [1.807, 2.05) is 12.1 Å². The molecule has 1 aliphatic heterocycles. The zero-order chi connectivity index (χ0) is 23.4. The number of aromatic nitrogens is 2. The van der Waals surface area contributed by atoms with Crippen molar-refractivity contribution in [1.29, 1.82) is 0 Å². The van der Waals surface area contributed by atoms with Gasteiger partial charge >= 0.3 is 6.18 Å². The second-order valence-electron chi connectivity index (χ2n) is 7.82. The molecule has 0 unspecified atom stereocenters. The average molecular weight is 475 g/mol. The van der Waals surface area contributed by atoms with E-state index in [4.69, 9.17) is 0 Å². The van der Waals surface area contributed by atoms with Crippen LogP contribution in [0.2, 0.25) is 0 Å². The second kappa shape index (κ2) is 7.67. The summed E-state index contributed by atoms with van der Waals surface area (Å²) in [6.07, 6.45) is -2.43. The summed E-state index contributed by atoms with van der Waals surface area (Å²) in [6.45, 7) is 0.308. The van der Waals surface area contributed by atoms with Crippen molar-refractivity contribution in [2.75, 3.05) is 6.54 Å². The summed E-state index contributed by atoms with van der Waals surface area (Å²) in [7, 11) is -3.95. The molecule has 0 atom stereocenters. The first-order valence-corrected chi connectivity index (χ1v) is 11.5. The molecule has 0 radical (unpaired) electrons. The molecule has 1 aliphatic rings. The van der Waals surface area contributed by atoms with E-state index >= 15 is 0 Å². The molecule has 0 spiro atoms. The minimum Gasteiger partial charge on any atom is -0.233 e. The number of rotatable bonds is 3. The van der Waals surface area contributed by atoms with Crippen LogP contribution in [0.5, 0.6) is 0 Å². The minimum absolute atomic E-state index is 0.107. The van der Waals surface area contributed by atoms with Crippen molar-refractivity contribution in [3.63, 3.8) is 0 Å². The van der Waals surface area contributed by atoms with E-state index in [-0.39, 0.29) is 23.8 Å². The predicted octanol–water partition coefficient (Wildman–Crippen LogP) is 4.93. The molecule has 0 fully saturated rings. The predicted molar refractivity (Wildman–Crippen MR) is 114 cm³/mol. The standard InChI is InChI=1S/C23H17F4N3O2S/c24-19-3-5-20(6-4-19)30-22-12-15-9-10-29(14-17(15)11-16(22)13-28-30)33(31,32)21-7-1-18(2-8-21)23(25,26)27/h1-8,11-13H,9-10,14H2. The average Bonchev–Trinajstić information content (AvgIpc) is 3.20. The lowest BCUT2D eigenvalue weighted by molar-refractivity contribution is -0.137. The molecule has 1 aromatic heterocycles. The van der Waals surface area contributed by atoms with E-state index in [0.29, 0.717) is 12.1 Å². The van der Waals surface area contributed by atoms with Crippen LogP contribution >= 0.6 is 0 Å². The zero-order valence-corrected chi connectivity index (χ0v) is 17.9. The molecule has 0 amide bonds. The Bertz CT molecular complexity index is 1440. The van der Waals surface area contributed by atoms with Crippen LogP contribution in [-0.2, 0) is 29.2 Å².